The molecular formula is C47H51NO11. The first kappa shape index (κ1) is 41.8. The van der Waals surface area contributed by atoms with Crippen molar-refractivity contribution in [3.63, 3.8) is 0 Å². The summed E-state index contributed by atoms with van der Waals surface area (Å²) in [5, 5.41) is 0.756. The van der Waals surface area contributed by atoms with Gasteiger partial charge < -0.3 is 42.9 Å². The number of carbonyl (C=O) groups excluding carboxylic acids is 3. The molecule has 0 amide bonds. The van der Waals surface area contributed by atoms with E-state index < -0.39 is 78.9 Å². The number of para-hydroxylation sites is 1. The van der Waals surface area contributed by atoms with E-state index in [0.717, 1.165) is 27.6 Å². The van der Waals surface area contributed by atoms with Gasteiger partial charge in [-0.1, -0.05) is 109 Å². The average Bonchev–Trinajstić information content (AvgIpc) is 3.61. The minimum absolute atomic E-state index is 0.234. The SMILES string of the molecule is CC(=O)O[C@@H]1[C@H](OC(C)=O)[C@H](C)O[C@H](c2c([C@@H]3O[C@@H](C)[C@@H](OCc4ccccc4)[C@@H](OCc4ccccc4)[C@@H]3OCc3ccccc3)[nH]c3ccccc23)[C@H]1OC(C)=O. The van der Waals surface area contributed by atoms with Crippen LogP contribution in [0.15, 0.2) is 115 Å². The van der Waals surface area contributed by atoms with Crippen LogP contribution in [-0.2, 0) is 72.1 Å². The first-order valence-corrected chi connectivity index (χ1v) is 20.0. The fourth-order valence-electron chi connectivity index (χ4n) is 8.11. The van der Waals surface area contributed by atoms with E-state index >= 15 is 0 Å². The van der Waals surface area contributed by atoms with Gasteiger partial charge in [0.1, 0.15) is 30.5 Å². The standard InChI is InChI=1S/C47H51NO11/c1-28-40(52-25-33-17-9-6-10-18-33)44(53-26-34-19-11-7-12-20-34)45(54-27-35-21-13-8-14-22-35)43(56-28)39-38(36-23-15-16-24-37(36)48-39)42-47(59-32(5)51)46(58-31(4)50)41(29(2)55-42)57-30(3)49/h6-24,28-29,40-48H,25-27H2,1-5H3/t28-,29-,40+,41+,42+,43-,44+,45+,46+,47+/m0/s1. The number of benzene rings is 4. The fourth-order valence-corrected chi connectivity index (χ4v) is 8.11. The molecule has 1 N–H and O–H groups in total. The summed E-state index contributed by atoms with van der Waals surface area (Å²) in [6.45, 7) is 8.28. The zero-order valence-corrected chi connectivity index (χ0v) is 33.9. The number of aromatic nitrogens is 1. The zero-order valence-electron chi connectivity index (χ0n) is 33.9. The van der Waals surface area contributed by atoms with E-state index in [2.05, 4.69) is 4.98 Å². The van der Waals surface area contributed by atoms with E-state index in [4.69, 9.17) is 37.9 Å². The maximum absolute atomic E-state index is 12.9. The van der Waals surface area contributed by atoms with Gasteiger partial charge in [-0.15, -0.1) is 0 Å². The van der Waals surface area contributed by atoms with Gasteiger partial charge in [0.25, 0.3) is 0 Å². The number of H-pyrrole nitrogens is 1. The summed E-state index contributed by atoms with van der Waals surface area (Å²) >= 11 is 0. The van der Waals surface area contributed by atoms with Crippen LogP contribution in [0.3, 0.4) is 0 Å². The summed E-state index contributed by atoms with van der Waals surface area (Å²) in [6.07, 6.45) is -8.66. The zero-order chi connectivity index (χ0) is 41.5. The van der Waals surface area contributed by atoms with E-state index in [9.17, 15) is 14.4 Å². The van der Waals surface area contributed by atoms with Crippen LogP contribution in [0, 0.1) is 0 Å². The van der Waals surface area contributed by atoms with Crippen molar-refractivity contribution in [3.8, 4) is 0 Å². The largest absolute Gasteiger partial charge is 0.456 e. The molecule has 12 heteroatoms. The van der Waals surface area contributed by atoms with Crippen molar-refractivity contribution in [2.24, 2.45) is 0 Å². The smallest absolute Gasteiger partial charge is 0.303 e. The predicted octanol–water partition coefficient (Wildman–Crippen LogP) is 7.64. The number of carbonyl (C=O) groups is 3. The Labute approximate surface area is 344 Å². The number of esters is 3. The molecular weight excluding hydrogens is 755 g/mol. The third-order valence-electron chi connectivity index (χ3n) is 10.6. The summed E-state index contributed by atoms with van der Waals surface area (Å²) < 4.78 is 51.8. The van der Waals surface area contributed by atoms with Gasteiger partial charge in [0.15, 0.2) is 18.3 Å². The Hall–Kier alpha value is -5.37. The van der Waals surface area contributed by atoms with Gasteiger partial charge in [-0.05, 0) is 36.6 Å². The molecule has 2 aliphatic heterocycles. The Balaban J connectivity index is 1.36. The van der Waals surface area contributed by atoms with Gasteiger partial charge in [0.05, 0.1) is 37.7 Å². The van der Waals surface area contributed by atoms with Gasteiger partial charge in [-0.2, -0.15) is 0 Å². The maximum Gasteiger partial charge on any atom is 0.303 e. The number of rotatable bonds is 14. The Kier molecular flexibility index (Phi) is 13.5. The normalized spacial score (nSPS) is 26.9. The van der Waals surface area contributed by atoms with Crippen molar-refractivity contribution < 1.29 is 52.3 Å². The first-order chi connectivity index (χ1) is 28.6. The summed E-state index contributed by atoms with van der Waals surface area (Å²) in [4.78, 5) is 41.4. The van der Waals surface area contributed by atoms with Crippen molar-refractivity contribution in [1.29, 1.82) is 0 Å². The molecule has 0 unspecified atom stereocenters. The molecule has 7 rings (SSSR count). The lowest BCUT2D eigenvalue weighted by Gasteiger charge is -2.47. The molecule has 0 bridgehead atoms. The van der Waals surface area contributed by atoms with E-state index in [1.807, 2.05) is 122 Å². The van der Waals surface area contributed by atoms with Crippen LogP contribution >= 0.6 is 0 Å². The van der Waals surface area contributed by atoms with Gasteiger partial charge in [-0.25, -0.2) is 0 Å². The van der Waals surface area contributed by atoms with Crippen LogP contribution in [-0.4, -0.2) is 71.7 Å². The number of fused-ring (bicyclic) bond motifs is 1. The number of ether oxygens (including phenoxy) is 8. The summed E-state index contributed by atoms with van der Waals surface area (Å²) in [5.74, 6) is -1.89. The summed E-state index contributed by atoms with van der Waals surface area (Å²) in [5.41, 5.74) is 4.87. The lowest BCUT2D eigenvalue weighted by atomic mass is 9.86. The second-order valence-corrected chi connectivity index (χ2v) is 15.0. The monoisotopic (exact) mass is 805 g/mol. The molecule has 12 nitrogen and oxygen atoms in total. The van der Waals surface area contributed by atoms with Crippen LogP contribution < -0.4 is 0 Å². The lowest BCUT2D eigenvalue weighted by molar-refractivity contribution is -0.265. The van der Waals surface area contributed by atoms with E-state index in [-0.39, 0.29) is 13.2 Å². The van der Waals surface area contributed by atoms with Crippen LogP contribution in [0.2, 0.25) is 0 Å². The van der Waals surface area contributed by atoms with E-state index in [0.29, 0.717) is 17.9 Å². The second-order valence-electron chi connectivity index (χ2n) is 15.0. The van der Waals surface area contributed by atoms with Gasteiger partial charge in [0, 0.05) is 37.2 Å². The van der Waals surface area contributed by atoms with Crippen molar-refractivity contribution in [3.05, 3.63) is 143 Å². The van der Waals surface area contributed by atoms with E-state index in [1.165, 1.54) is 20.8 Å². The minimum Gasteiger partial charge on any atom is -0.456 e. The predicted molar refractivity (Wildman–Crippen MR) is 217 cm³/mol. The van der Waals surface area contributed by atoms with Gasteiger partial charge in [-0.3, -0.25) is 14.4 Å². The van der Waals surface area contributed by atoms with Crippen molar-refractivity contribution >= 4 is 28.8 Å². The molecule has 0 spiro atoms. The fraction of sp³-hybridized carbons (Fsp3) is 0.383. The van der Waals surface area contributed by atoms with E-state index in [1.54, 1.807) is 6.92 Å². The highest BCUT2D eigenvalue weighted by Gasteiger charge is 2.54. The molecule has 2 saturated heterocycles. The van der Waals surface area contributed by atoms with Crippen molar-refractivity contribution in [2.45, 2.75) is 115 Å². The molecule has 0 radical (unpaired) electrons. The van der Waals surface area contributed by atoms with Gasteiger partial charge >= 0.3 is 17.9 Å². The van der Waals surface area contributed by atoms with Crippen LogP contribution in [0.5, 0.6) is 0 Å². The molecule has 2 fully saturated rings. The number of nitrogens with one attached hydrogen (secondary N) is 1. The van der Waals surface area contributed by atoms with Crippen LogP contribution in [0.1, 0.15) is 74.8 Å². The van der Waals surface area contributed by atoms with Gasteiger partial charge in [0.2, 0.25) is 0 Å². The first-order valence-electron chi connectivity index (χ1n) is 20.0. The number of hydrogen-bond donors (Lipinski definition) is 1. The molecule has 5 aromatic rings. The highest BCUT2D eigenvalue weighted by Crippen LogP contribution is 2.47. The highest BCUT2D eigenvalue weighted by molar-refractivity contribution is 5.85. The topological polar surface area (TPSA) is 141 Å². The molecule has 10 atom stereocenters. The molecule has 0 saturated carbocycles. The third kappa shape index (κ3) is 9.92. The molecule has 2 aliphatic rings. The average molecular weight is 806 g/mol. The Morgan fingerprint density at radius 2 is 0.915 bits per heavy atom. The summed E-state index contributed by atoms with van der Waals surface area (Å²) in [6, 6.07) is 37.4. The molecule has 3 heterocycles. The molecule has 4 aromatic carbocycles. The Morgan fingerprint density at radius 3 is 1.46 bits per heavy atom. The van der Waals surface area contributed by atoms with Crippen LogP contribution in [0.4, 0.5) is 0 Å². The highest BCUT2D eigenvalue weighted by atomic mass is 16.7. The molecule has 310 valence electrons. The Bertz CT molecular complexity index is 2160. The molecule has 0 aliphatic carbocycles. The quantitative estimate of drug-likeness (QED) is 0.0875. The molecule has 59 heavy (non-hydrogen) atoms. The summed E-state index contributed by atoms with van der Waals surface area (Å²) in [7, 11) is 0. The van der Waals surface area contributed by atoms with Crippen LogP contribution in [0.25, 0.3) is 10.9 Å². The van der Waals surface area contributed by atoms with Crippen molar-refractivity contribution in [1.82, 2.24) is 4.98 Å². The second kappa shape index (κ2) is 19.1. The maximum atomic E-state index is 12.9. The lowest BCUT2D eigenvalue weighted by Crippen LogP contribution is -2.58. The minimum atomic E-state index is -1.23. The van der Waals surface area contributed by atoms with Crippen molar-refractivity contribution in [2.75, 3.05) is 0 Å². The third-order valence-corrected chi connectivity index (χ3v) is 10.6. The number of hydrogen-bond acceptors (Lipinski definition) is 11. The number of aromatic amines is 1. The Morgan fingerprint density at radius 1 is 0.492 bits per heavy atom. The molecule has 1 aromatic heterocycles.